The van der Waals surface area contributed by atoms with Crippen LogP contribution in [-0.2, 0) is 16.0 Å². The number of likely N-dealkylation sites (tertiary alicyclic amines) is 1. The molecule has 2 rings (SSSR count). The number of carbonyl (C=O) groups is 2. The molecule has 1 fully saturated rings. The number of hydrogen-bond donors (Lipinski definition) is 1. The summed E-state index contributed by atoms with van der Waals surface area (Å²) in [4.78, 5) is 25.8. The maximum atomic E-state index is 12.1. The zero-order valence-corrected chi connectivity index (χ0v) is 12.9. The van der Waals surface area contributed by atoms with Crippen molar-refractivity contribution >= 4 is 23.6 Å². The molecule has 1 aliphatic heterocycles. The van der Waals surface area contributed by atoms with E-state index in [4.69, 9.17) is 0 Å². The number of hydrogen-bond acceptors (Lipinski definition) is 3. The molecule has 1 aromatic rings. The molecule has 0 spiro atoms. The second-order valence-electron chi connectivity index (χ2n) is 4.96. The lowest BCUT2D eigenvalue weighted by atomic mass is 10.1. The molecule has 1 aromatic carbocycles. The summed E-state index contributed by atoms with van der Waals surface area (Å²) in [6.07, 6.45) is 5.38. The molecule has 1 aliphatic rings. The fourth-order valence-electron chi connectivity index (χ4n) is 2.42. The lowest BCUT2D eigenvalue weighted by Gasteiger charge is -2.24. The number of amides is 2. The van der Waals surface area contributed by atoms with Crippen molar-refractivity contribution in [2.45, 2.75) is 25.4 Å². The van der Waals surface area contributed by atoms with Gasteiger partial charge < -0.3 is 10.2 Å². The minimum atomic E-state index is -0.180. The molecule has 112 valence electrons. The first kappa shape index (κ1) is 15.6. The van der Waals surface area contributed by atoms with Crippen LogP contribution in [-0.4, -0.2) is 35.7 Å². The summed E-state index contributed by atoms with van der Waals surface area (Å²) in [5, 5.41) is 4.73. The molecule has 4 nitrogen and oxygen atoms in total. The fraction of sp³-hybridized carbons (Fsp3) is 0.375. The zero-order valence-electron chi connectivity index (χ0n) is 12.1. The number of nitrogens with zero attached hydrogens (tertiary/aromatic N) is 1. The third-order valence-corrected chi connectivity index (χ3v) is 3.83. The Balaban J connectivity index is 1.90. The van der Waals surface area contributed by atoms with Crippen molar-refractivity contribution in [3.63, 3.8) is 0 Å². The van der Waals surface area contributed by atoms with Crippen molar-refractivity contribution in [3.8, 4) is 0 Å². The molecule has 0 radical (unpaired) electrons. The minimum Gasteiger partial charge on any atom is -0.336 e. The molecule has 5 heteroatoms. The van der Waals surface area contributed by atoms with Gasteiger partial charge in [0.15, 0.2) is 0 Å². The summed E-state index contributed by atoms with van der Waals surface area (Å²) in [6, 6.07) is 9.62. The highest BCUT2D eigenvalue weighted by molar-refractivity contribution is 8.01. The molecule has 1 heterocycles. The van der Waals surface area contributed by atoms with Crippen LogP contribution in [0.25, 0.3) is 0 Å². The van der Waals surface area contributed by atoms with Crippen LogP contribution >= 0.6 is 11.8 Å². The average Bonchev–Trinajstić information content (AvgIpc) is 2.93. The molecule has 0 aliphatic carbocycles. The molecule has 0 aromatic heterocycles. The number of rotatable bonds is 5. The van der Waals surface area contributed by atoms with Crippen LogP contribution in [0.3, 0.4) is 0 Å². The van der Waals surface area contributed by atoms with Crippen molar-refractivity contribution in [2.75, 3.05) is 12.8 Å². The van der Waals surface area contributed by atoms with Crippen molar-refractivity contribution in [3.05, 3.63) is 47.4 Å². The first-order valence-corrected chi connectivity index (χ1v) is 8.32. The predicted octanol–water partition coefficient (Wildman–Crippen LogP) is 2.17. The van der Waals surface area contributed by atoms with E-state index in [-0.39, 0.29) is 18.0 Å². The Labute approximate surface area is 129 Å². The van der Waals surface area contributed by atoms with E-state index >= 15 is 0 Å². The molecule has 1 atom stereocenters. The van der Waals surface area contributed by atoms with Crippen molar-refractivity contribution in [1.82, 2.24) is 10.2 Å². The van der Waals surface area contributed by atoms with Gasteiger partial charge in [0.25, 0.3) is 0 Å². The first-order chi connectivity index (χ1) is 10.2. The Morgan fingerprint density at radius 2 is 2.14 bits per heavy atom. The van der Waals surface area contributed by atoms with E-state index in [1.54, 1.807) is 16.4 Å². The van der Waals surface area contributed by atoms with E-state index in [1.807, 2.05) is 36.6 Å². The van der Waals surface area contributed by atoms with Crippen LogP contribution in [0.1, 0.15) is 18.4 Å². The van der Waals surface area contributed by atoms with Gasteiger partial charge in [0.05, 0.1) is 6.42 Å². The van der Waals surface area contributed by atoms with Gasteiger partial charge in [-0.3, -0.25) is 9.59 Å². The van der Waals surface area contributed by atoms with Gasteiger partial charge in [-0.15, -0.1) is 11.8 Å². The molecule has 1 saturated heterocycles. The van der Waals surface area contributed by atoms with Crippen LogP contribution in [0, 0.1) is 0 Å². The van der Waals surface area contributed by atoms with E-state index in [0.717, 1.165) is 18.4 Å². The highest BCUT2D eigenvalue weighted by atomic mass is 32.2. The highest BCUT2D eigenvalue weighted by Crippen LogP contribution is 2.16. The third kappa shape index (κ3) is 4.63. The number of nitrogens with one attached hydrogen (secondary N) is 1. The summed E-state index contributed by atoms with van der Waals surface area (Å²) in [7, 11) is 0. The van der Waals surface area contributed by atoms with Crippen molar-refractivity contribution in [1.29, 1.82) is 0 Å². The van der Waals surface area contributed by atoms with Gasteiger partial charge in [-0.1, -0.05) is 30.3 Å². The zero-order chi connectivity index (χ0) is 15.1. The van der Waals surface area contributed by atoms with Crippen LogP contribution in [0.5, 0.6) is 0 Å². The Bertz CT molecular complexity index is 516. The van der Waals surface area contributed by atoms with Crippen LogP contribution in [0.4, 0.5) is 0 Å². The molecular formula is C16H20N2O2S. The van der Waals surface area contributed by atoms with Gasteiger partial charge in [0.1, 0.15) is 6.17 Å². The van der Waals surface area contributed by atoms with E-state index < -0.39 is 0 Å². The number of thioether (sulfide) groups is 1. The molecule has 0 bridgehead atoms. The average molecular weight is 304 g/mol. The maximum absolute atomic E-state index is 12.1. The molecule has 21 heavy (non-hydrogen) atoms. The fourth-order valence-corrected chi connectivity index (χ4v) is 2.67. The number of benzene rings is 1. The van der Waals surface area contributed by atoms with Gasteiger partial charge in [-0.25, -0.2) is 0 Å². The van der Waals surface area contributed by atoms with Crippen LogP contribution in [0.2, 0.25) is 0 Å². The Morgan fingerprint density at radius 3 is 2.86 bits per heavy atom. The Morgan fingerprint density at radius 1 is 1.38 bits per heavy atom. The summed E-state index contributed by atoms with van der Waals surface area (Å²) in [5.74, 6) is -0.0772. The molecule has 1 N–H and O–H groups in total. The largest absolute Gasteiger partial charge is 0.336 e. The summed E-state index contributed by atoms with van der Waals surface area (Å²) in [5.41, 5.74) is 0.980. The second kappa shape index (κ2) is 7.88. The van der Waals surface area contributed by atoms with Gasteiger partial charge in [0, 0.05) is 12.6 Å². The van der Waals surface area contributed by atoms with Crippen LogP contribution < -0.4 is 5.32 Å². The van der Waals surface area contributed by atoms with Gasteiger partial charge in [-0.2, -0.15) is 0 Å². The summed E-state index contributed by atoms with van der Waals surface area (Å²) in [6.45, 7) is 0.702. The lowest BCUT2D eigenvalue weighted by molar-refractivity contribution is -0.129. The van der Waals surface area contributed by atoms with Gasteiger partial charge in [-0.05, 0) is 30.1 Å². The minimum absolute atomic E-state index is 0.0353. The topological polar surface area (TPSA) is 49.4 Å². The van der Waals surface area contributed by atoms with E-state index in [1.165, 1.54) is 11.8 Å². The molecular weight excluding hydrogens is 284 g/mol. The van der Waals surface area contributed by atoms with Gasteiger partial charge >= 0.3 is 0 Å². The van der Waals surface area contributed by atoms with E-state index in [0.29, 0.717) is 13.0 Å². The molecule has 2 amide bonds. The molecule has 0 unspecified atom stereocenters. The highest BCUT2D eigenvalue weighted by Gasteiger charge is 2.28. The van der Waals surface area contributed by atoms with Gasteiger partial charge in [0.2, 0.25) is 11.8 Å². The smallest absolute Gasteiger partial charge is 0.248 e. The van der Waals surface area contributed by atoms with Crippen LogP contribution in [0.15, 0.2) is 41.8 Å². The predicted molar refractivity (Wildman–Crippen MR) is 85.7 cm³/mol. The Kier molecular flexibility index (Phi) is 5.87. The van der Waals surface area contributed by atoms with Crippen molar-refractivity contribution in [2.24, 2.45) is 0 Å². The van der Waals surface area contributed by atoms with E-state index in [9.17, 15) is 9.59 Å². The number of carbonyl (C=O) groups excluding carboxylic acids is 2. The summed E-state index contributed by atoms with van der Waals surface area (Å²) < 4.78 is 0. The quantitative estimate of drug-likeness (QED) is 0.848. The Hall–Kier alpha value is -1.75. The maximum Gasteiger partial charge on any atom is 0.248 e. The van der Waals surface area contributed by atoms with Crippen molar-refractivity contribution < 1.29 is 9.59 Å². The third-order valence-electron chi connectivity index (χ3n) is 3.42. The second-order valence-corrected chi connectivity index (χ2v) is 5.70. The standard InChI is InChI=1S/C16H20N2O2S/c1-21-11-9-16(20)18-10-5-8-14(18)17-15(19)12-13-6-3-2-4-7-13/h2-4,6-7,9,11,14H,5,8,10,12H2,1H3,(H,17,19)/b11-9+/t14-/m0/s1. The first-order valence-electron chi connectivity index (χ1n) is 7.04. The van der Waals surface area contributed by atoms with E-state index in [2.05, 4.69) is 5.32 Å². The summed E-state index contributed by atoms with van der Waals surface area (Å²) >= 11 is 1.49. The lowest BCUT2D eigenvalue weighted by Crippen LogP contribution is -2.47. The SMILES string of the molecule is CS/C=C/C(=O)N1CCC[C@H]1NC(=O)Cc1ccccc1. The molecule has 0 saturated carbocycles. The normalized spacial score (nSPS) is 18.1. The monoisotopic (exact) mass is 304 g/mol.